The minimum atomic E-state index is -0.437. The monoisotopic (exact) mass is 288 g/mol. The van der Waals surface area contributed by atoms with Gasteiger partial charge in [0.25, 0.3) is 5.91 Å². The molecule has 4 nitrogen and oxygen atoms in total. The van der Waals surface area contributed by atoms with E-state index < -0.39 is 11.4 Å². The molecule has 0 saturated carbocycles. The summed E-state index contributed by atoms with van der Waals surface area (Å²) in [6, 6.07) is 5.56. The van der Waals surface area contributed by atoms with Crippen LogP contribution in [0.25, 0.3) is 11.1 Å². The molecule has 0 bridgehead atoms. The van der Waals surface area contributed by atoms with Crippen molar-refractivity contribution in [3.8, 4) is 11.1 Å². The van der Waals surface area contributed by atoms with E-state index in [1.165, 1.54) is 36.7 Å². The van der Waals surface area contributed by atoms with Gasteiger partial charge >= 0.3 is 0 Å². The molecule has 1 aromatic heterocycles. The summed E-state index contributed by atoms with van der Waals surface area (Å²) in [7, 11) is 0. The lowest BCUT2D eigenvalue weighted by atomic mass is 10.0. The molecule has 0 aliphatic rings. The van der Waals surface area contributed by atoms with Gasteiger partial charge in [0.1, 0.15) is 11.4 Å². The highest BCUT2D eigenvalue weighted by Crippen LogP contribution is 2.15. The van der Waals surface area contributed by atoms with E-state index in [-0.39, 0.29) is 16.8 Å². The zero-order chi connectivity index (χ0) is 15.6. The van der Waals surface area contributed by atoms with Crippen molar-refractivity contribution in [2.45, 2.75) is 26.3 Å². The number of amides is 1. The van der Waals surface area contributed by atoms with Gasteiger partial charge < -0.3 is 10.3 Å². The summed E-state index contributed by atoms with van der Waals surface area (Å²) in [5.41, 5.74) is 0.101. The third kappa shape index (κ3) is 3.56. The molecule has 2 aromatic rings. The van der Waals surface area contributed by atoms with Gasteiger partial charge in [-0.1, -0.05) is 12.1 Å². The summed E-state index contributed by atoms with van der Waals surface area (Å²) in [5, 5.41) is 2.75. The predicted molar refractivity (Wildman–Crippen MR) is 79.7 cm³/mol. The van der Waals surface area contributed by atoms with E-state index in [1.54, 1.807) is 0 Å². The molecule has 2 rings (SSSR count). The van der Waals surface area contributed by atoms with Crippen molar-refractivity contribution in [2.24, 2.45) is 0 Å². The number of pyridine rings is 1. The summed E-state index contributed by atoms with van der Waals surface area (Å²) >= 11 is 0. The van der Waals surface area contributed by atoms with Crippen molar-refractivity contribution in [2.75, 3.05) is 0 Å². The lowest BCUT2D eigenvalue weighted by Gasteiger charge is -2.20. The van der Waals surface area contributed by atoms with E-state index in [4.69, 9.17) is 0 Å². The van der Waals surface area contributed by atoms with Gasteiger partial charge in [0.05, 0.1) is 0 Å². The number of carbonyl (C=O) groups excluding carboxylic acids is 1. The van der Waals surface area contributed by atoms with Crippen molar-refractivity contribution < 1.29 is 9.18 Å². The molecule has 1 aromatic carbocycles. The van der Waals surface area contributed by atoms with Crippen molar-refractivity contribution >= 4 is 5.91 Å². The number of hydrogen-bond acceptors (Lipinski definition) is 2. The van der Waals surface area contributed by atoms with Crippen LogP contribution < -0.4 is 10.7 Å². The zero-order valence-corrected chi connectivity index (χ0v) is 12.2. The summed E-state index contributed by atoms with van der Waals surface area (Å²) in [4.78, 5) is 27.3. The van der Waals surface area contributed by atoms with Crippen LogP contribution in [0.3, 0.4) is 0 Å². The average molecular weight is 288 g/mol. The number of benzene rings is 1. The summed E-state index contributed by atoms with van der Waals surface area (Å²) < 4.78 is 12.9. The van der Waals surface area contributed by atoms with Gasteiger partial charge in [0.15, 0.2) is 0 Å². The number of halogens is 1. The lowest BCUT2D eigenvalue weighted by molar-refractivity contribution is 0.0918. The largest absolute Gasteiger partial charge is 0.366 e. The van der Waals surface area contributed by atoms with Crippen LogP contribution in [0, 0.1) is 5.82 Å². The number of nitrogens with one attached hydrogen (secondary N) is 2. The van der Waals surface area contributed by atoms with Crippen molar-refractivity contribution in [3.63, 3.8) is 0 Å². The minimum absolute atomic E-state index is 0.0340. The standard InChI is InChI=1S/C16H17FN2O2/c1-16(2,3)19-15(21)13-9-18-8-12(14(13)20)10-4-6-11(17)7-5-10/h4-9H,1-3H3,(H,18,20)(H,19,21). The average Bonchev–Trinajstić information content (AvgIpc) is 2.38. The summed E-state index contributed by atoms with van der Waals surface area (Å²) in [6.07, 6.45) is 2.87. The quantitative estimate of drug-likeness (QED) is 0.892. The van der Waals surface area contributed by atoms with Crippen molar-refractivity contribution in [1.82, 2.24) is 10.3 Å². The zero-order valence-electron chi connectivity index (χ0n) is 12.2. The molecule has 0 atom stereocenters. The summed E-state index contributed by atoms with van der Waals surface area (Å²) in [5.74, 6) is -0.815. The Morgan fingerprint density at radius 3 is 2.33 bits per heavy atom. The molecule has 0 fully saturated rings. The Bertz CT molecular complexity index is 712. The summed E-state index contributed by atoms with van der Waals surface area (Å²) in [6.45, 7) is 5.51. The fourth-order valence-electron chi connectivity index (χ4n) is 1.90. The van der Waals surface area contributed by atoms with Gasteiger partial charge in [0.2, 0.25) is 5.43 Å². The fraction of sp³-hybridized carbons (Fsp3) is 0.250. The van der Waals surface area contributed by atoms with Crippen LogP contribution in [0.4, 0.5) is 4.39 Å². The van der Waals surface area contributed by atoms with Crippen LogP contribution in [0.5, 0.6) is 0 Å². The second-order valence-corrected chi connectivity index (χ2v) is 5.82. The number of aromatic amines is 1. The second-order valence-electron chi connectivity index (χ2n) is 5.82. The van der Waals surface area contributed by atoms with E-state index in [1.807, 2.05) is 20.8 Å². The Hall–Kier alpha value is -2.43. The lowest BCUT2D eigenvalue weighted by Crippen LogP contribution is -2.42. The number of carbonyl (C=O) groups is 1. The minimum Gasteiger partial charge on any atom is -0.366 e. The Morgan fingerprint density at radius 1 is 1.14 bits per heavy atom. The maximum Gasteiger partial charge on any atom is 0.257 e. The first-order valence-corrected chi connectivity index (χ1v) is 6.57. The van der Waals surface area contributed by atoms with Gasteiger partial charge in [-0.2, -0.15) is 0 Å². The molecule has 0 unspecified atom stereocenters. The van der Waals surface area contributed by atoms with Crippen LogP contribution in [-0.2, 0) is 0 Å². The highest BCUT2D eigenvalue weighted by molar-refractivity contribution is 5.95. The Labute approximate surface area is 122 Å². The fourth-order valence-corrected chi connectivity index (χ4v) is 1.90. The molecular formula is C16H17FN2O2. The molecule has 0 saturated heterocycles. The molecule has 1 amide bonds. The molecule has 2 N–H and O–H groups in total. The molecule has 0 spiro atoms. The first-order valence-electron chi connectivity index (χ1n) is 6.57. The number of H-pyrrole nitrogens is 1. The maximum atomic E-state index is 12.9. The second kappa shape index (κ2) is 5.52. The van der Waals surface area contributed by atoms with Crippen LogP contribution in [0.1, 0.15) is 31.1 Å². The van der Waals surface area contributed by atoms with Gasteiger partial charge in [-0.05, 0) is 38.5 Å². The SMILES string of the molecule is CC(C)(C)NC(=O)c1c[nH]cc(-c2ccc(F)cc2)c1=O. The maximum absolute atomic E-state index is 12.9. The Morgan fingerprint density at radius 2 is 1.76 bits per heavy atom. The molecule has 5 heteroatoms. The van der Waals surface area contributed by atoms with Gasteiger partial charge in [-0.15, -0.1) is 0 Å². The van der Waals surface area contributed by atoms with E-state index in [2.05, 4.69) is 10.3 Å². The van der Waals surface area contributed by atoms with E-state index in [0.29, 0.717) is 11.1 Å². The third-order valence-electron chi connectivity index (χ3n) is 2.83. The first kappa shape index (κ1) is 15.0. The highest BCUT2D eigenvalue weighted by Gasteiger charge is 2.19. The van der Waals surface area contributed by atoms with Crippen LogP contribution in [-0.4, -0.2) is 16.4 Å². The van der Waals surface area contributed by atoms with Gasteiger partial charge in [0, 0.05) is 23.5 Å². The first-order chi connectivity index (χ1) is 9.78. The highest BCUT2D eigenvalue weighted by atomic mass is 19.1. The number of rotatable bonds is 2. The molecule has 1 heterocycles. The van der Waals surface area contributed by atoms with Crippen LogP contribution in [0.2, 0.25) is 0 Å². The Balaban J connectivity index is 2.43. The van der Waals surface area contributed by atoms with E-state index in [0.717, 1.165) is 0 Å². The number of hydrogen-bond donors (Lipinski definition) is 2. The number of aromatic nitrogens is 1. The van der Waals surface area contributed by atoms with Crippen LogP contribution >= 0.6 is 0 Å². The Kier molecular flexibility index (Phi) is 3.93. The third-order valence-corrected chi connectivity index (χ3v) is 2.83. The normalized spacial score (nSPS) is 11.2. The molecule has 0 aliphatic heterocycles. The smallest absolute Gasteiger partial charge is 0.257 e. The molecule has 21 heavy (non-hydrogen) atoms. The van der Waals surface area contributed by atoms with Gasteiger partial charge in [-0.3, -0.25) is 9.59 Å². The topological polar surface area (TPSA) is 62.0 Å². The van der Waals surface area contributed by atoms with Crippen LogP contribution in [0.15, 0.2) is 41.5 Å². The van der Waals surface area contributed by atoms with Crippen molar-refractivity contribution in [3.05, 3.63) is 58.3 Å². The predicted octanol–water partition coefficient (Wildman–Crippen LogP) is 2.71. The molecule has 0 aliphatic carbocycles. The van der Waals surface area contributed by atoms with Gasteiger partial charge in [-0.25, -0.2) is 4.39 Å². The molecule has 110 valence electrons. The molecular weight excluding hydrogens is 271 g/mol. The van der Waals surface area contributed by atoms with Crippen molar-refractivity contribution in [1.29, 1.82) is 0 Å². The van der Waals surface area contributed by atoms with E-state index >= 15 is 0 Å². The van der Waals surface area contributed by atoms with E-state index in [9.17, 15) is 14.0 Å². The molecule has 0 radical (unpaired) electrons.